The highest BCUT2D eigenvalue weighted by molar-refractivity contribution is 5.77. The summed E-state index contributed by atoms with van der Waals surface area (Å²) in [6, 6.07) is 19.3. The summed E-state index contributed by atoms with van der Waals surface area (Å²) in [5.41, 5.74) is 8.68. The van der Waals surface area contributed by atoms with E-state index in [-0.39, 0.29) is 24.3 Å². The number of anilines is 2. The fourth-order valence-electron chi connectivity index (χ4n) is 5.27. The summed E-state index contributed by atoms with van der Waals surface area (Å²) in [5.74, 6) is 0.415. The first-order valence-electron chi connectivity index (χ1n) is 12.9. The van der Waals surface area contributed by atoms with Gasteiger partial charge in [0.25, 0.3) is 0 Å². The molecule has 0 spiro atoms. The minimum Gasteiger partial charge on any atom is -0.507 e. The second kappa shape index (κ2) is 11.1. The van der Waals surface area contributed by atoms with Crippen molar-refractivity contribution >= 4 is 17.4 Å². The first-order chi connectivity index (χ1) is 18.0. The highest BCUT2D eigenvalue weighted by Crippen LogP contribution is 2.40. The first kappa shape index (κ1) is 25.0. The highest BCUT2D eigenvalue weighted by Gasteiger charge is 2.38. The van der Waals surface area contributed by atoms with Crippen molar-refractivity contribution in [3.63, 3.8) is 0 Å². The summed E-state index contributed by atoms with van der Waals surface area (Å²) in [7, 11) is 0. The van der Waals surface area contributed by atoms with Gasteiger partial charge in [0.05, 0.1) is 17.0 Å². The predicted molar refractivity (Wildman–Crippen MR) is 143 cm³/mol. The molecule has 2 fully saturated rings. The van der Waals surface area contributed by atoms with Crippen LogP contribution in [0.4, 0.5) is 11.5 Å². The molecule has 0 unspecified atom stereocenters. The van der Waals surface area contributed by atoms with Crippen molar-refractivity contribution in [2.45, 2.75) is 37.3 Å². The summed E-state index contributed by atoms with van der Waals surface area (Å²) < 4.78 is 6.44. The van der Waals surface area contributed by atoms with Gasteiger partial charge in [0.1, 0.15) is 12.4 Å². The van der Waals surface area contributed by atoms with Gasteiger partial charge in [-0.2, -0.15) is 0 Å². The fourth-order valence-corrected chi connectivity index (χ4v) is 5.27. The Balaban J connectivity index is 1.31. The molecule has 194 valence electrons. The maximum atomic E-state index is 12.7. The molecule has 0 atom stereocenters. The Hall–Kier alpha value is -3.69. The van der Waals surface area contributed by atoms with E-state index in [4.69, 9.17) is 10.5 Å². The molecule has 5 rings (SSSR count). The lowest BCUT2D eigenvalue weighted by atomic mass is 9.84. The number of benzene rings is 2. The molecular formula is C28H34N6O3. The molecule has 2 saturated heterocycles. The molecule has 2 aliphatic rings. The van der Waals surface area contributed by atoms with Crippen LogP contribution in [-0.4, -0.2) is 60.0 Å². The van der Waals surface area contributed by atoms with Crippen molar-refractivity contribution in [1.82, 2.24) is 20.8 Å². The number of para-hydroxylation sites is 1. The third kappa shape index (κ3) is 5.68. The monoisotopic (exact) mass is 502 g/mol. The van der Waals surface area contributed by atoms with Gasteiger partial charge >= 0.3 is 0 Å². The molecule has 2 aliphatic heterocycles. The molecule has 0 radical (unpaired) electrons. The normalized spacial score (nSPS) is 17.9. The molecule has 3 heterocycles. The number of carbonyl (C=O) groups is 1. The summed E-state index contributed by atoms with van der Waals surface area (Å²) >= 11 is 0. The molecule has 9 heteroatoms. The van der Waals surface area contributed by atoms with Crippen LogP contribution in [0.2, 0.25) is 0 Å². The van der Waals surface area contributed by atoms with Crippen LogP contribution in [-0.2, 0) is 15.1 Å². The third-order valence-corrected chi connectivity index (χ3v) is 7.38. The van der Waals surface area contributed by atoms with E-state index in [9.17, 15) is 9.90 Å². The lowest BCUT2D eigenvalue weighted by Crippen LogP contribution is -2.48. The lowest BCUT2D eigenvalue weighted by molar-refractivity contribution is -0.137. The number of nitrogen functional groups attached to an aromatic ring is 1. The molecule has 3 aromatic rings. The number of hydrogen-bond donors (Lipinski definition) is 4. The van der Waals surface area contributed by atoms with E-state index in [2.05, 4.69) is 37.9 Å². The number of aromatic hydroxyl groups is 1. The van der Waals surface area contributed by atoms with E-state index in [1.165, 1.54) is 0 Å². The maximum absolute atomic E-state index is 12.7. The van der Waals surface area contributed by atoms with Gasteiger partial charge in [0, 0.05) is 24.7 Å². The summed E-state index contributed by atoms with van der Waals surface area (Å²) in [6.07, 6.45) is 3.25. The van der Waals surface area contributed by atoms with Crippen molar-refractivity contribution in [3.8, 4) is 17.0 Å². The van der Waals surface area contributed by atoms with Gasteiger partial charge in [0.15, 0.2) is 5.82 Å². The van der Waals surface area contributed by atoms with Crippen LogP contribution in [0.25, 0.3) is 11.3 Å². The number of carbonyl (C=O) groups excluding carboxylic acids is 1. The van der Waals surface area contributed by atoms with E-state index < -0.39 is 5.60 Å². The van der Waals surface area contributed by atoms with Crippen molar-refractivity contribution in [2.75, 3.05) is 43.4 Å². The van der Waals surface area contributed by atoms with Gasteiger partial charge in [-0.15, -0.1) is 10.2 Å². The summed E-state index contributed by atoms with van der Waals surface area (Å²) in [4.78, 5) is 14.9. The van der Waals surface area contributed by atoms with E-state index in [1.807, 2.05) is 30.3 Å². The number of phenolic OH excluding ortho intramolecular Hbond substituents is 1. The number of aromatic nitrogens is 2. The molecular weight excluding hydrogens is 468 g/mol. The van der Waals surface area contributed by atoms with Crippen molar-refractivity contribution < 1.29 is 14.6 Å². The Morgan fingerprint density at radius 3 is 2.51 bits per heavy atom. The predicted octanol–water partition coefficient (Wildman–Crippen LogP) is 2.81. The minimum atomic E-state index is -0.570. The Bertz CT molecular complexity index is 1210. The number of ether oxygens (including phenoxy) is 1. The average molecular weight is 503 g/mol. The van der Waals surface area contributed by atoms with Gasteiger partial charge in [-0.25, -0.2) is 0 Å². The molecule has 0 saturated carbocycles. The largest absolute Gasteiger partial charge is 0.507 e. The molecule has 37 heavy (non-hydrogen) atoms. The van der Waals surface area contributed by atoms with Crippen LogP contribution in [0.5, 0.6) is 5.75 Å². The van der Waals surface area contributed by atoms with Crippen LogP contribution >= 0.6 is 0 Å². The maximum Gasteiger partial charge on any atom is 0.246 e. The van der Waals surface area contributed by atoms with E-state index in [1.54, 1.807) is 18.2 Å². The Morgan fingerprint density at radius 1 is 1.08 bits per heavy atom. The van der Waals surface area contributed by atoms with Crippen molar-refractivity contribution in [3.05, 3.63) is 66.2 Å². The number of amides is 1. The van der Waals surface area contributed by atoms with E-state index in [0.29, 0.717) is 43.0 Å². The first-order valence-corrected chi connectivity index (χ1v) is 12.9. The number of hydrogen-bond acceptors (Lipinski definition) is 8. The molecule has 5 N–H and O–H groups in total. The quantitative estimate of drug-likeness (QED) is 0.389. The highest BCUT2D eigenvalue weighted by atomic mass is 16.5. The summed E-state index contributed by atoms with van der Waals surface area (Å²) in [5, 5.41) is 25.1. The van der Waals surface area contributed by atoms with Crippen LogP contribution in [0.3, 0.4) is 0 Å². The number of nitrogens with two attached hydrogens (primary N) is 1. The van der Waals surface area contributed by atoms with Gasteiger partial charge in [0.2, 0.25) is 5.91 Å². The molecule has 0 bridgehead atoms. The molecule has 1 amide bonds. The van der Waals surface area contributed by atoms with Gasteiger partial charge in [-0.05, 0) is 62.5 Å². The van der Waals surface area contributed by atoms with Gasteiger partial charge in [-0.1, -0.05) is 42.5 Å². The molecule has 9 nitrogen and oxygen atoms in total. The molecule has 1 aromatic heterocycles. The molecule has 0 aliphatic carbocycles. The Morgan fingerprint density at radius 2 is 1.78 bits per heavy atom. The third-order valence-electron chi connectivity index (χ3n) is 7.38. The number of nitrogens with zero attached hydrogens (tertiary/aromatic N) is 3. The lowest BCUT2D eigenvalue weighted by Gasteiger charge is -2.43. The van der Waals surface area contributed by atoms with Crippen LogP contribution in [0.1, 0.15) is 31.2 Å². The number of piperidine rings is 2. The van der Waals surface area contributed by atoms with Crippen LogP contribution in [0.15, 0.2) is 60.7 Å². The van der Waals surface area contributed by atoms with Gasteiger partial charge < -0.3 is 31.1 Å². The number of rotatable bonds is 7. The van der Waals surface area contributed by atoms with Crippen molar-refractivity contribution in [2.24, 2.45) is 0 Å². The fraction of sp³-hybridized carbons (Fsp3) is 0.393. The van der Waals surface area contributed by atoms with E-state index in [0.717, 1.165) is 37.2 Å². The number of phenols is 1. The second-order valence-corrected chi connectivity index (χ2v) is 9.75. The Labute approximate surface area is 217 Å². The number of nitrogens with one attached hydrogen (secondary N) is 2. The van der Waals surface area contributed by atoms with E-state index >= 15 is 0 Å². The topological polar surface area (TPSA) is 126 Å². The second-order valence-electron chi connectivity index (χ2n) is 9.75. The summed E-state index contributed by atoms with van der Waals surface area (Å²) in [6.45, 7) is 3.21. The van der Waals surface area contributed by atoms with Gasteiger partial charge in [-0.3, -0.25) is 4.79 Å². The zero-order valence-electron chi connectivity index (χ0n) is 20.9. The van der Waals surface area contributed by atoms with Crippen LogP contribution < -0.4 is 21.3 Å². The van der Waals surface area contributed by atoms with Crippen molar-refractivity contribution in [1.29, 1.82) is 0 Å². The average Bonchev–Trinajstić information content (AvgIpc) is 2.94. The zero-order chi connectivity index (χ0) is 25.7. The smallest absolute Gasteiger partial charge is 0.246 e. The van der Waals surface area contributed by atoms with Crippen LogP contribution in [0, 0.1) is 0 Å². The Kier molecular flexibility index (Phi) is 7.52. The SMILES string of the molecule is Nc1nnc(-c2ccccc2O)cc1N1CCC(OCC(=O)NC2CCNCC2)(c2ccccc2)CC1. The molecule has 2 aromatic carbocycles. The zero-order valence-corrected chi connectivity index (χ0v) is 20.9. The standard InChI is InChI=1S/C28H34N6O3/c29-27-24(18-23(32-33-27)22-8-4-5-9-25(22)35)34-16-12-28(13-17-34,20-6-2-1-3-7-20)37-19-26(36)31-21-10-14-30-15-11-21/h1-9,18,21,30,35H,10-17,19H2,(H2,29,33)(H,31,36). The minimum absolute atomic E-state index is 0.0230.